The molecule has 1 aromatic carbocycles. The zero-order chi connectivity index (χ0) is 16.2. The van der Waals surface area contributed by atoms with Crippen molar-refractivity contribution in [2.75, 3.05) is 0 Å². The van der Waals surface area contributed by atoms with Crippen LogP contribution in [0.5, 0.6) is 0 Å². The van der Waals surface area contributed by atoms with Crippen molar-refractivity contribution in [1.29, 1.82) is 5.26 Å². The van der Waals surface area contributed by atoms with Gasteiger partial charge in [0.1, 0.15) is 12.1 Å². The van der Waals surface area contributed by atoms with Crippen LogP contribution in [0.4, 0.5) is 0 Å². The van der Waals surface area contributed by atoms with Gasteiger partial charge in [-0.25, -0.2) is 8.42 Å². The van der Waals surface area contributed by atoms with Crippen LogP contribution < -0.4 is 4.72 Å². The highest BCUT2D eigenvalue weighted by Crippen LogP contribution is 2.20. The molecule has 0 unspecified atom stereocenters. The molecule has 0 aliphatic carbocycles. The molecule has 0 fully saturated rings. The molecule has 0 saturated heterocycles. The van der Waals surface area contributed by atoms with E-state index in [2.05, 4.69) is 4.72 Å². The van der Waals surface area contributed by atoms with E-state index in [0.717, 1.165) is 0 Å². The SMILES string of the molecule is CC(C)C[C@H](NS(=O)(=O)c1ccc(Cl)cc1C#N)C(=O)O. The number of nitrogens with one attached hydrogen (secondary N) is 1. The highest BCUT2D eigenvalue weighted by molar-refractivity contribution is 7.89. The summed E-state index contributed by atoms with van der Waals surface area (Å²) in [5.74, 6) is -1.27. The van der Waals surface area contributed by atoms with Crippen LogP contribution in [0.2, 0.25) is 5.02 Å². The second-order valence-electron chi connectivity index (χ2n) is 4.89. The van der Waals surface area contributed by atoms with E-state index < -0.39 is 22.0 Å². The summed E-state index contributed by atoms with van der Waals surface area (Å²) in [6.45, 7) is 3.57. The van der Waals surface area contributed by atoms with E-state index in [9.17, 15) is 13.2 Å². The number of carboxylic acids is 1. The van der Waals surface area contributed by atoms with Crippen LogP contribution in [-0.4, -0.2) is 25.5 Å². The van der Waals surface area contributed by atoms with E-state index in [0.29, 0.717) is 0 Å². The minimum atomic E-state index is -4.12. The molecule has 0 bridgehead atoms. The number of nitrogens with zero attached hydrogens (tertiary/aromatic N) is 1. The normalized spacial score (nSPS) is 12.9. The number of rotatable bonds is 6. The van der Waals surface area contributed by atoms with Crippen molar-refractivity contribution in [2.45, 2.75) is 31.2 Å². The first-order valence-electron chi connectivity index (χ1n) is 6.12. The molecule has 0 spiro atoms. The molecule has 8 heteroatoms. The summed E-state index contributed by atoms with van der Waals surface area (Å²) in [5, 5.41) is 18.3. The highest BCUT2D eigenvalue weighted by atomic mass is 35.5. The van der Waals surface area contributed by atoms with Gasteiger partial charge >= 0.3 is 5.97 Å². The summed E-state index contributed by atoms with van der Waals surface area (Å²) in [6, 6.07) is 4.21. The van der Waals surface area contributed by atoms with Crippen molar-refractivity contribution in [3.05, 3.63) is 28.8 Å². The maximum Gasteiger partial charge on any atom is 0.321 e. The average Bonchev–Trinajstić information content (AvgIpc) is 2.36. The first-order valence-corrected chi connectivity index (χ1v) is 7.98. The third kappa shape index (κ3) is 4.70. The number of halogens is 1. The number of sulfonamides is 1. The lowest BCUT2D eigenvalue weighted by molar-refractivity contribution is -0.139. The molecule has 0 amide bonds. The van der Waals surface area contributed by atoms with Crippen molar-refractivity contribution >= 4 is 27.6 Å². The Morgan fingerprint density at radius 1 is 1.48 bits per heavy atom. The lowest BCUT2D eigenvalue weighted by Gasteiger charge is -2.17. The van der Waals surface area contributed by atoms with E-state index in [4.69, 9.17) is 22.0 Å². The van der Waals surface area contributed by atoms with Gasteiger partial charge < -0.3 is 5.11 Å². The summed E-state index contributed by atoms with van der Waals surface area (Å²) >= 11 is 5.71. The monoisotopic (exact) mass is 330 g/mol. The number of hydrogen-bond acceptors (Lipinski definition) is 4. The molecule has 1 aromatic rings. The molecule has 2 N–H and O–H groups in total. The Kier molecular flexibility index (Phi) is 5.72. The van der Waals surface area contributed by atoms with Gasteiger partial charge in [-0.15, -0.1) is 0 Å². The summed E-state index contributed by atoms with van der Waals surface area (Å²) in [5.41, 5.74) is -0.135. The summed E-state index contributed by atoms with van der Waals surface area (Å²) in [4.78, 5) is 10.9. The third-order valence-electron chi connectivity index (χ3n) is 2.65. The topological polar surface area (TPSA) is 107 Å². The van der Waals surface area contributed by atoms with Gasteiger partial charge in [0.05, 0.1) is 10.5 Å². The zero-order valence-electron chi connectivity index (χ0n) is 11.5. The number of carboxylic acid groups (broad SMARTS) is 1. The van der Waals surface area contributed by atoms with Gasteiger partial charge in [-0.05, 0) is 30.5 Å². The molecule has 6 nitrogen and oxygen atoms in total. The Balaban J connectivity index is 3.17. The van der Waals surface area contributed by atoms with Gasteiger partial charge in [0.2, 0.25) is 10.0 Å². The van der Waals surface area contributed by atoms with Crippen LogP contribution >= 0.6 is 11.6 Å². The molecular weight excluding hydrogens is 316 g/mol. The second kappa shape index (κ2) is 6.89. The summed E-state index contributed by atoms with van der Waals surface area (Å²) in [6.07, 6.45) is 0.143. The van der Waals surface area contributed by atoms with Crippen LogP contribution in [0.25, 0.3) is 0 Å². The van der Waals surface area contributed by atoms with Crippen molar-refractivity contribution in [1.82, 2.24) is 4.72 Å². The number of nitriles is 1. The lowest BCUT2D eigenvalue weighted by Crippen LogP contribution is -2.41. The first kappa shape index (κ1) is 17.4. The molecule has 114 valence electrons. The first-order chi connectivity index (χ1) is 9.67. The Morgan fingerprint density at radius 3 is 2.57 bits per heavy atom. The van der Waals surface area contributed by atoms with E-state index in [1.165, 1.54) is 18.2 Å². The summed E-state index contributed by atoms with van der Waals surface area (Å²) < 4.78 is 26.6. The minimum Gasteiger partial charge on any atom is -0.480 e. The fourth-order valence-corrected chi connectivity index (χ4v) is 3.26. The van der Waals surface area contributed by atoms with Gasteiger partial charge in [-0.2, -0.15) is 9.98 Å². The van der Waals surface area contributed by atoms with E-state index in [1.807, 2.05) is 0 Å². The van der Waals surface area contributed by atoms with E-state index in [-0.39, 0.29) is 27.8 Å². The van der Waals surface area contributed by atoms with Crippen LogP contribution in [0.15, 0.2) is 23.1 Å². The zero-order valence-corrected chi connectivity index (χ0v) is 13.1. The second-order valence-corrected chi connectivity index (χ2v) is 7.01. The van der Waals surface area contributed by atoms with Crippen LogP contribution in [0, 0.1) is 17.2 Å². The van der Waals surface area contributed by atoms with Crippen molar-refractivity contribution in [3.8, 4) is 6.07 Å². The molecule has 0 radical (unpaired) electrons. The highest BCUT2D eigenvalue weighted by Gasteiger charge is 2.27. The van der Waals surface area contributed by atoms with Gasteiger partial charge in [-0.1, -0.05) is 25.4 Å². The third-order valence-corrected chi connectivity index (χ3v) is 4.42. The molecule has 0 saturated carbocycles. The van der Waals surface area contributed by atoms with E-state index >= 15 is 0 Å². The molecule has 21 heavy (non-hydrogen) atoms. The molecule has 0 aliphatic rings. The maximum atomic E-state index is 12.3. The quantitative estimate of drug-likeness (QED) is 0.829. The van der Waals surface area contributed by atoms with Crippen LogP contribution in [-0.2, 0) is 14.8 Å². The van der Waals surface area contributed by atoms with Gasteiger partial charge in [0.15, 0.2) is 0 Å². The van der Waals surface area contributed by atoms with Crippen molar-refractivity contribution in [2.24, 2.45) is 5.92 Å². The molecule has 0 aliphatic heterocycles. The predicted octanol–water partition coefficient (Wildman–Crippen LogP) is 1.99. The van der Waals surface area contributed by atoms with Crippen molar-refractivity contribution < 1.29 is 18.3 Å². The van der Waals surface area contributed by atoms with Gasteiger partial charge in [0.25, 0.3) is 0 Å². The average molecular weight is 331 g/mol. The largest absolute Gasteiger partial charge is 0.480 e. The van der Waals surface area contributed by atoms with Crippen LogP contribution in [0.1, 0.15) is 25.8 Å². The number of hydrogen-bond donors (Lipinski definition) is 2. The van der Waals surface area contributed by atoms with Gasteiger partial charge in [0, 0.05) is 5.02 Å². The fourth-order valence-electron chi connectivity index (χ4n) is 1.75. The van der Waals surface area contributed by atoms with Gasteiger partial charge in [-0.3, -0.25) is 4.79 Å². The maximum absolute atomic E-state index is 12.3. The molecule has 1 atom stereocenters. The van der Waals surface area contributed by atoms with Crippen LogP contribution in [0.3, 0.4) is 0 Å². The molecule has 1 rings (SSSR count). The summed E-state index contributed by atoms with van der Waals surface area (Å²) in [7, 11) is -4.12. The molecule has 0 aromatic heterocycles. The smallest absolute Gasteiger partial charge is 0.321 e. The number of benzene rings is 1. The standard InChI is InChI=1S/C13H15ClN2O4S/c1-8(2)5-11(13(17)18)16-21(19,20)12-4-3-10(14)6-9(12)7-15/h3-4,6,8,11,16H,5H2,1-2H3,(H,17,18)/t11-/m0/s1. The Morgan fingerprint density at radius 2 is 2.10 bits per heavy atom. The number of aliphatic carboxylic acids is 1. The Labute approximate surface area is 128 Å². The van der Waals surface area contributed by atoms with Crippen molar-refractivity contribution in [3.63, 3.8) is 0 Å². The fraction of sp³-hybridized carbons (Fsp3) is 0.385. The Hall–Kier alpha value is -1.62. The predicted molar refractivity (Wildman–Crippen MR) is 77.4 cm³/mol. The Bertz CT molecular complexity index is 680. The lowest BCUT2D eigenvalue weighted by atomic mass is 10.1. The number of carbonyl (C=O) groups is 1. The molecule has 0 heterocycles. The molecular formula is C13H15ClN2O4S. The van der Waals surface area contributed by atoms with E-state index in [1.54, 1.807) is 19.9 Å². The minimum absolute atomic E-state index is 0.00513.